The Hall–Kier alpha value is -1.10. The zero-order valence-corrected chi connectivity index (χ0v) is 7.01. The molecular formula is C8H11NO4. The third-order valence-electron chi connectivity index (χ3n) is 2.82. The van der Waals surface area contributed by atoms with E-state index < -0.39 is 18.0 Å². The van der Waals surface area contributed by atoms with Crippen molar-refractivity contribution < 1.29 is 19.8 Å². The number of carbonyl (C=O) groups is 2. The molecule has 5 nitrogen and oxygen atoms in total. The zero-order valence-electron chi connectivity index (χ0n) is 7.01. The van der Waals surface area contributed by atoms with Crippen LogP contribution in [-0.2, 0) is 9.59 Å². The number of amides is 1. The van der Waals surface area contributed by atoms with Crippen LogP contribution in [0.3, 0.4) is 0 Å². The Labute approximate surface area is 75.0 Å². The lowest BCUT2D eigenvalue weighted by Crippen LogP contribution is -2.31. The first-order valence-corrected chi connectivity index (χ1v) is 4.30. The van der Waals surface area contributed by atoms with Crippen molar-refractivity contribution in [3.63, 3.8) is 0 Å². The summed E-state index contributed by atoms with van der Waals surface area (Å²) in [4.78, 5) is 23.5. The molecule has 2 rings (SSSR count). The monoisotopic (exact) mass is 185 g/mol. The molecule has 2 heterocycles. The number of hydrogen-bond donors (Lipinski definition) is 2. The van der Waals surface area contributed by atoms with Crippen molar-refractivity contribution in [1.82, 2.24) is 4.90 Å². The minimum Gasteiger partial charge on any atom is -0.481 e. The number of fused-ring (bicyclic) bond motifs is 1. The largest absolute Gasteiger partial charge is 0.481 e. The molecule has 1 amide bonds. The molecule has 2 aliphatic heterocycles. The summed E-state index contributed by atoms with van der Waals surface area (Å²) in [6.07, 6.45) is -0.0498. The second-order valence-corrected chi connectivity index (χ2v) is 3.65. The summed E-state index contributed by atoms with van der Waals surface area (Å²) in [5, 5.41) is 18.1. The van der Waals surface area contributed by atoms with Gasteiger partial charge in [-0.2, -0.15) is 0 Å². The van der Waals surface area contributed by atoms with Crippen LogP contribution >= 0.6 is 0 Å². The maximum Gasteiger partial charge on any atom is 0.309 e. The highest BCUT2D eigenvalue weighted by Gasteiger charge is 2.48. The van der Waals surface area contributed by atoms with Gasteiger partial charge in [0.25, 0.3) is 0 Å². The fourth-order valence-corrected chi connectivity index (χ4v) is 2.20. The average molecular weight is 185 g/mol. The van der Waals surface area contributed by atoms with Gasteiger partial charge in [-0.1, -0.05) is 0 Å². The maximum absolute atomic E-state index is 11.3. The molecule has 2 aliphatic rings. The van der Waals surface area contributed by atoms with E-state index in [0.717, 1.165) is 0 Å². The normalized spacial score (nSPS) is 38.1. The van der Waals surface area contributed by atoms with Crippen molar-refractivity contribution >= 4 is 11.9 Å². The van der Waals surface area contributed by atoms with Crippen LogP contribution in [0, 0.1) is 5.92 Å². The third-order valence-corrected chi connectivity index (χ3v) is 2.82. The number of aliphatic hydroxyl groups excluding tert-OH is 1. The Bertz CT molecular complexity index is 265. The van der Waals surface area contributed by atoms with Gasteiger partial charge in [0.15, 0.2) is 0 Å². The second kappa shape index (κ2) is 2.70. The van der Waals surface area contributed by atoms with E-state index in [0.29, 0.717) is 13.0 Å². The van der Waals surface area contributed by atoms with Crippen molar-refractivity contribution in [2.24, 2.45) is 5.92 Å². The summed E-state index contributed by atoms with van der Waals surface area (Å²) in [6, 6.07) is -0.278. The number of rotatable bonds is 1. The van der Waals surface area contributed by atoms with E-state index in [9.17, 15) is 14.7 Å². The summed E-state index contributed by atoms with van der Waals surface area (Å²) in [5.74, 6) is -1.70. The lowest BCUT2D eigenvalue weighted by atomic mass is 9.98. The molecule has 0 aliphatic carbocycles. The molecule has 2 unspecified atom stereocenters. The first kappa shape index (κ1) is 8.50. The van der Waals surface area contributed by atoms with Crippen molar-refractivity contribution in [2.75, 3.05) is 6.54 Å². The van der Waals surface area contributed by atoms with Crippen LogP contribution in [0.25, 0.3) is 0 Å². The molecule has 0 bridgehead atoms. The van der Waals surface area contributed by atoms with Gasteiger partial charge in [0.05, 0.1) is 12.0 Å². The molecule has 5 heteroatoms. The Kier molecular flexibility index (Phi) is 1.76. The van der Waals surface area contributed by atoms with Crippen LogP contribution in [0.5, 0.6) is 0 Å². The number of nitrogens with zero attached hydrogens (tertiary/aromatic N) is 1. The van der Waals surface area contributed by atoms with Crippen LogP contribution < -0.4 is 0 Å². The number of hydrogen-bond acceptors (Lipinski definition) is 3. The Morgan fingerprint density at radius 3 is 2.85 bits per heavy atom. The highest BCUT2D eigenvalue weighted by Crippen LogP contribution is 2.33. The van der Waals surface area contributed by atoms with Crippen LogP contribution in [0.4, 0.5) is 0 Å². The molecule has 2 saturated heterocycles. The van der Waals surface area contributed by atoms with Crippen molar-refractivity contribution in [3.8, 4) is 0 Å². The topological polar surface area (TPSA) is 77.8 Å². The van der Waals surface area contributed by atoms with Crippen molar-refractivity contribution in [1.29, 1.82) is 0 Å². The molecule has 2 fully saturated rings. The van der Waals surface area contributed by atoms with Crippen LogP contribution in [0.15, 0.2) is 0 Å². The van der Waals surface area contributed by atoms with Gasteiger partial charge < -0.3 is 15.1 Å². The first-order chi connectivity index (χ1) is 6.09. The quantitative estimate of drug-likeness (QED) is 0.552. The zero-order chi connectivity index (χ0) is 9.59. The van der Waals surface area contributed by atoms with Crippen LogP contribution in [-0.4, -0.2) is 45.7 Å². The fourth-order valence-electron chi connectivity index (χ4n) is 2.20. The molecule has 13 heavy (non-hydrogen) atoms. The van der Waals surface area contributed by atoms with Crippen LogP contribution in [0.2, 0.25) is 0 Å². The van der Waals surface area contributed by atoms with Gasteiger partial charge in [-0.05, 0) is 6.42 Å². The number of carboxylic acids is 1. The van der Waals surface area contributed by atoms with Crippen molar-refractivity contribution in [2.45, 2.75) is 25.0 Å². The third kappa shape index (κ3) is 1.19. The van der Waals surface area contributed by atoms with Gasteiger partial charge in [0.1, 0.15) is 0 Å². The van der Waals surface area contributed by atoms with Crippen LogP contribution in [0.1, 0.15) is 12.8 Å². The van der Waals surface area contributed by atoms with Gasteiger partial charge in [-0.25, -0.2) is 0 Å². The summed E-state index contributed by atoms with van der Waals surface area (Å²) < 4.78 is 0. The average Bonchev–Trinajstić information content (AvgIpc) is 2.51. The summed E-state index contributed by atoms with van der Waals surface area (Å²) in [6.45, 7) is 0.299. The Morgan fingerprint density at radius 1 is 1.54 bits per heavy atom. The van der Waals surface area contributed by atoms with Gasteiger partial charge >= 0.3 is 5.97 Å². The maximum atomic E-state index is 11.3. The minimum atomic E-state index is -0.935. The van der Waals surface area contributed by atoms with E-state index in [2.05, 4.69) is 0 Å². The molecule has 0 aromatic rings. The van der Waals surface area contributed by atoms with E-state index >= 15 is 0 Å². The fraction of sp³-hybridized carbons (Fsp3) is 0.750. The Morgan fingerprint density at radius 2 is 2.23 bits per heavy atom. The Balaban J connectivity index is 2.19. The van der Waals surface area contributed by atoms with Gasteiger partial charge in [-0.3, -0.25) is 9.59 Å². The number of carbonyl (C=O) groups excluding carboxylic acids is 1. The summed E-state index contributed by atoms with van der Waals surface area (Å²) >= 11 is 0. The first-order valence-electron chi connectivity index (χ1n) is 4.30. The van der Waals surface area contributed by atoms with Crippen molar-refractivity contribution in [3.05, 3.63) is 0 Å². The molecule has 0 spiro atoms. The van der Waals surface area contributed by atoms with E-state index in [4.69, 9.17) is 5.11 Å². The smallest absolute Gasteiger partial charge is 0.309 e. The van der Waals surface area contributed by atoms with E-state index in [1.807, 2.05) is 0 Å². The van der Waals surface area contributed by atoms with Gasteiger partial charge in [-0.15, -0.1) is 0 Å². The number of carboxylic acid groups (broad SMARTS) is 1. The predicted octanol–water partition coefficient (Wildman–Crippen LogP) is -0.947. The minimum absolute atomic E-state index is 0.0900. The highest BCUT2D eigenvalue weighted by molar-refractivity contribution is 5.87. The number of aliphatic hydroxyl groups is 1. The van der Waals surface area contributed by atoms with E-state index in [1.54, 1.807) is 0 Å². The van der Waals surface area contributed by atoms with E-state index in [1.165, 1.54) is 4.90 Å². The molecule has 72 valence electrons. The SMILES string of the molecule is O=C(O)[C@@H]1CC(=O)N2CC(O)CC12. The van der Waals surface area contributed by atoms with Gasteiger partial charge in [0, 0.05) is 19.0 Å². The lowest BCUT2D eigenvalue weighted by molar-refractivity contribution is -0.142. The highest BCUT2D eigenvalue weighted by atomic mass is 16.4. The molecular weight excluding hydrogens is 174 g/mol. The molecule has 2 N–H and O–H groups in total. The molecule has 0 radical (unpaired) electrons. The van der Waals surface area contributed by atoms with E-state index in [-0.39, 0.29) is 18.4 Å². The predicted molar refractivity (Wildman–Crippen MR) is 41.9 cm³/mol. The molecule has 0 aromatic carbocycles. The molecule has 0 aromatic heterocycles. The second-order valence-electron chi connectivity index (χ2n) is 3.65. The van der Waals surface area contributed by atoms with Gasteiger partial charge in [0.2, 0.25) is 5.91 Å². The lowest BCUT2D eigenvalue weighted by Gasteiger charge is -2.16. The summed E-state index contributed by atoms with van der Waals surface area (Å²) in [7, 11) is 0. The standard InChI is InChI=1S/C8H11NO4/c10-4-1-6-5(8(12)13)2-7(11)9(6)3-4/h4-6,10H,1-3H2,(H,12,13)/t4?,5-,6?/m1/s1. The number of aliphatic carboxylic acids is 1. The summed E-state index contributed by atoms with van der Waals surface area (Å²) in [5.41, 5.74) is 0. The molecule has 3 atom stereocenters. The molecule has 0 saturated carbocycles.